The van der Waals surface area contributed by atoms with E-state index in [-0.39, 0.29) is 11.8 Å². The molecule has 1 aromatic heterocycles. The second-order valence-electron chi connectivity index (χ2n) is 6.75. The fourth-order valence-corrected chi connectivity index (χ4v) is 4.49. The molecule has 0 unspecified atom stereocenters. The Morgan fingerprint density at radius 2 is 1.93 bits per heavy atom. The Morgan fingerprint density at radius 1 is 1.19 bits per heavy atom. The van der Waals surface area contributed by atoms with Crippen LogP contribution in [0.15, 0.2) is 41.8 Å². The van der Waals surface area contributed by atoms with Gasteiger partial charge in [-0.05, 0) is 68.9 Å². The number of rotatable bonds is 7. The zero-order valence-electron chi connectivity index (χ0n) is 16.0. The van der Waals surface area contributed by atoms with Crippen molar-refractivity contribution in [2.75, 3.05) is 31.5 Å². The van der Waals surface area contributed by atoms with Crippen LogP contribution >= 0.6 is 11.3 Å². The van der Waals surface area contributed by atoms with Crippen molar-refractivity contribution in [1.29, 1.82) is 0 Å². The summed E-state index contributed by atoms with van der Waals surface area (Å²) in [6, 6.07) is 11.7. The van der Waals surface area contributed by atoms with Gasteiger partial charge in [0.15, 0.2) is 0 Å². The number of amides is 2. The lowest BCUT2D eigenvalue weighted by molar-refractivity contribution is -0.117. The summed E-state index contributed by atoms with van der Waals surface area (Å²) < 4.78 is 0. The molecule has 0 radical (unpaired) electrons. The molecule has 0 bridgehead atoms. The molecule has 1 atom stereocenters. The predicted molar refractivity (Wildman–Crippen MR) is 110 cm³/mol. The molecule has 0 aliphatic carbocycles. The summed E-state index contributed by atoms with van der Waals surface area (Å²) in [7, 11) is 0. The predicted octanol–water partition coefficient (Wildman–Crippen LogP) is 4.01. The molecule has 1 fully saturated rings. The molecule has 2 amide bonds. The summed E-state index contributed by atoms with van der Waals surface area (Å²) in [6.45, 7) is 6.66. The Bertz CT molecular complexity index is 754. The molecule has 144 valence electrons. The van der Waals surface area contributed by atoms with Crippen molar-refractivity contribution in [3.05, 3.63) is 52.2 Å². The minimum Gasteiger partial charge on any atom is -0.339 e. The summed E-state index contributed by atoms with van der Waals surface area (Å²) in [5.74, 6) is 0.00927. The highest BCUT2D eigenvalue weighted by Crippen LogP contribution is 2.34. The van der Waals surface area contributed by atoms with Gasteiger partial charge in [-0.3, -0.25) is 14.5 Å². The number of hydrogen-bond donors (Lipinski definition) is 1. The third kappa shape index (κ3) is 4.76. The second-order valence-corrected chi connectivity index (χ2v) is 7.73. The van der Waals surface area contributed by atoms with Crippen molar-refractivity contribution in [2.45, 2.75) is 32.7 Å². The summed E-state index contributed by atoms with van der Waals surface area (Å²) in [6.07, 6.45) is 2.23. The molecular formula is C21H27N3O2S. The van der Waals surface area contributed by atoms with Crippen molar-refractivity contribution >= 4 is 28.8 Å². The highest BCUT2D eigenvalue weighted by atomic mass is 32.1. The van der Waals surface area contributed by atoms with Crippen LogP contribution in [0.25, 0.3) is 0 Å². The van der Waals surface area contributed by atoms with E-state index in [4.69, 9.17) is 0 Å². The molecule has 2 aromatic rings. The first-order valence-corrected chi connectivity index (χ1v) is 10.5. The van der Waals surface area contributed by atoms with Crippen molar-refractivity contribution in [3.8, 4) is 0 Å². The van der Waals surface area contributed by atoms with Gasteiger partial charge in [0.25, 0.3) is 5.91 Å². The van der Waals surface area contributed by atoms with E-state index in [0.717, 1.165) is 25.1 Å². The van der Waals surface area contributed by atoms with Crippen molar-refractivity contribution in [1.82, 2.24) is 9.80 Å². The van der Waals surface area contributed by atoms with Gasteiger partial charge in [0, 0.05) is 35.3 Å². The minimum absolute atomic E-state index is 0.0127. The van der Waals surface area contributed by atoms with E-state index in [1.54, 1.807) is 40.5 Å². The topological polar surface area (TPSA) is 52.7 Å². The number of anilines is 1. The number of likely N-dealkylation sites (tertiary alicyclic amines) is 1. The number of nitrogens with one attached hydrogen (secondary N) is 1. The SMILES string of the molecule is CCN(CC)C(=O)c1ccc(NC(=O)CN2CCC[C@@H]2c2cccs2)cc1. The molecule has 1 saturated heterocycles. The molecule has 0 spiro atoms. The quantitative estimate of drug-likeness (QED) is 0.784. The first-order chi connectivity index (χ1) is 13.1. The molecule has 1 N–H and O–H groups in total. The van der Waals surface area contributed by atoms with Crippen molar-refractivity contribution in [3.63, 3.8) is 0 Å². The van der Waals surface area contributed by atoms with Crippen LogP contribution in [0.5, 0.6) is 0 Å². The Labute approximate surface area is 165 Å². The Kier molecular flexibility index (Phi) is 6.63. The van der Waals surface area contributed by atoms with E-state index in [0.29, 0.717) is 31.2 Å². The van der Waals surface area contributed by atoms with E-state index >= 15 is 0 Å². The monoisotopic (exact) mass is 385 g/mol. The fraction of sp³-hybridized carbons (Fsp3) is 0.429. The number of hydrogen-bond acceptors (Lipinski definition) is 4. The highest BCUT2D eigenvalue weighted by Gasteiger charge is 2.28. The van der Waals surface area contributed by atoms with Gasteiger partial charge < -0.3 is 10.2 Å². The maximum absolute atomic E-state index is 12.5. The van der Waals surface area contributed by atoms with Crippen LogP contribution in [0.1, 0.15) is 48.0 Å². The standard InChI is InChI=1S/C21H27N3O2S/c1-3-23(4-2)21(26)16-9-11-17(12-10-16)22-20(25)15-24-13-5-7-18(24)19-8-6-14-27-19/h6,8-12,14,18H,3-5,7,13,15H2,1-2H3,(H,22,25)/t18-/m1/s1. The maximum atomic E-state index is 12.5. The molecule has 1 aliphatic rings. The lowest BCUT2D eigenvalue weighted by Gasteiger charge is -2.23. The maximum Gasteiger partial charge on any atom is 0.253 e. The van der Waals surface area contributed by atoms with Crippen LogP contribution in [0.4, 0.5) is 5.69 Å². The average Bonchev–Trinajstić information content (AvgIpc) is 3.34. The first-order valence-electron chi connectivity index (χ1n) is 9.59. The minimum atomic E-state index is -0.0127. The second kappa shape index (κ2) is 9.15. The number of carbonyl (C=O) groups is 2. The Morgan fingerprint density at radius 3 is 2.56 bits per heavy atom. The number of benzene rings is 1. The molecule has 1 aromatic carbocycles. The van der Waals surface area contributed by atoms with Gasteiger partial charge >= 0.3 is 0 Å². The van der Waals surface area contributed by atoms with Crippen LogP contribution in [0.3, 0.4) is 0 Å². The third-order valence-corrected chi connectivity index (χ3v) is 6.02. The number of carbonyl (C=O) groups excluding carboxylic acids is 2. The van der Waals surface area contributed by atoms with E-state index in [1.165, 1.54) is 4.88 Å². The largest absolute Gasteiger partial charge is 0.339 e. The first kappa shape index (κ1) is 19.6. The van der Waals surface area contributed by atoms with Gasteiger partial charge in [0.1, 0.15) is 0 Å². The van der Waals surface area contributed by atoms with Gasteiger partial charge in [-0.25, -0.2) is 0 Å². The zero-order valence-corrected chi connectivity index (χ0v) is 16.8. The number of nitrogens with zero attached hydrogens (tertiary/aromatic N) is 2. The van der Waals surface area contributed by atoms with Gasteiger partial charge in [-0.1, -0.05) is 6.07 Å². The smallest absolute Gasteiger partial charge is 0.253 e. The van der Waals surface area contributed by atoms with Crippen LogP contribution < -0.4 is 5.32 Å². The van der Waals surface area contributed by atoms with Gasteiger partial charge in [-0.15, -0.1) is 11.3 Å². The number of thiophene rings is 1. The van der Waals surface area contributed by atoms with E-state index < -0.39 is 0 Å². The van der Waals surface area contributed by atoms with Crippen LogP contribution in [0, 0.1) is 0 Å². The molecule has 2 heterocycles. The van der Waals surface area contributed by atoms with Crippen molar-refractivity contribution < 1.29 is 9.59 Å². The van der Waals surface area contributed by atoms with Gasteiger partial charge in [-0.2, -0.15) is 0 Å². The molecule has 3 rings (SSSR count). The van der Waals surface area contributed by atoms with Crippen molar-refractivity contribution in [2.24, 2.45) is 0 Å². The molecule has 27 heavy (non-hydrogen) atoms. The summed E-state index contributed by atoms with van der Waals surface area (Å²) >= 11 is 1.76. The summed E-state index contributed by atoms with van der Waals surface area (Å²) in [5, 5.41) is 5.05. The summed E-state index contributed by atoms with van der Waals surface area (Å²) in [5.41, 5.74) is 1.37. The molecule has 6 heteroatoms. The van der Waals surface area contributed by atoms with Crippen LogP contribution in [0.2, 0.25) is 0 Å². The molecular weight excluding hydrogens is 358 g/mol. The lowest BCUT2D eigenvalue weighted by Crippen LogP contribution is -2.32. The molecule has 5 nitrogen and oxygen atoms in total. The van der Waals surface area contributed by atoms with E-state index in [2.05, 4.69) is 27.7 Å². The van der Waals surface area contributed by atoms with E-state index in [9.17, 15) is 9.59 Å². The summed E-state index contributed by atoms with van der Waals surface area (Å²) in [4.78, 5) is 30.2. The Balaban J connectivity index is 1.57. The third-order valence-electron chi connectivity index (χ3n) is 5.05. The molecule has 0 saturated carbocycles. The molecule has 1 aliphatic heterocycles. The normalized spacial score (nSPS) is 17.0. The van der Waals surface area contributed by atoms with Crippen LogP contribution in [-0.4, -0.2) is 47.8 Å². The van der Waals surface area contributed by atoms with Crippen LogP contribution in [-0.2, 0) is 4.79 Å². The van der Waals surface area contributed by atoms with Gasteiger partial charge in [0.2, 0.25) is 5.91 Å². The fourth-order valence-electron chi connectivity index (χ4n) is 3.59. The van der Waals surface area contributed by atoms with E-state index in [1.807, 2.05) is 13.8 Å². The highest BCUT2D eigenvalue weighted by molar-refractivity contribution is 7.10. The lowest BCUT2D eigenvalue weighted by atomic mass is 10.1. The van der Waals surface area contributed by atoms with Gasteiger partial charge in [0.05, 0.1) is 6.54 Å². The zero-order chi connectivity index (χ0) is 19.2. The Hall–Kier alpha value is -2.18. The average molecular weight is 386 g/mol.